The summed E-state index contributed by atoms with van der Waals surface area (Å²) < 4.78 is 0.401. The van der Waals surface area contributed by atoms with Gasteiger partial charge in [-0.25, -0.2) is 0 Å². The number of anilines is 2. The first-order valence-corrected chi connectivity index (χ1v) is 12.2. The number of amides is 1. The van der Waals surface area contributed by atoms with Crippen LogP contribution in [0, 0.1) is 6.92 Å². The smallest absolute Gasteiger partial charge is 0.252 e. The van der Waals surface area contributed by atoms with Crippen LogP contribution in [0.4, 0.5) is 11.4 Å². The number of aldehydes is 1. The molecule has 0 radical (unpaired) electrons. The first-order valence-electron chi connectivity index (χ1n) is 10.5. The van der Waals surface area contributed by atoms with E-state index in [0.717, 1.165) is 5.56 Å². The van der Waals surface area contributed by atoms with Crippen LogP contribution in [0.2, 0.25) is 0 Å². The molecule has 1 amide bonds. The van der Waals surface area contributed by atoms with Gasteiger partial charge in [0, 0.05) is 29.4 Å². The Labute approximate surface area is 193 Å². The molecule has 2 atom stereocenters. The Kier molecular flexibility index (Phi) is 6.58. The van der Waals surface area contributed by atoms with Crippen molar-refractivity contribution in [3.63, 3.8) is 0 Å². The quantitative estimate of drug-likeness (QED) is 0.343. The molecule has 1 fully saturated rings. The van der Waals surface area contributed by atoms with Crippen LogP contribution in [0.1, 0.15) is 41.9 Å². The maximum absolute atomic E-state index is 12.6. The highest BCUT2D eigenvalue weighted by molar-refractivity contribution is 8.22. The van der Waals surface area contributed by atoms with Crippen molar-refractivity contribution in [2.24, 2.45) is 0 Å². The van der Waals surface area contributed by atoms with Gasteiger partial charge in [-0.15, -0.1) is 0 Å². The monoisotopic (exact) mass is 450 g/mol. The Morgan fingerprint density at radius 2 is 2.00 bits per heavy atom. The number of hydrogen-bond donors (Lipinski definition) is 0. The summed E-state index contributed by atoms with van der Waals surface area (Å²) in [6, 6.07) is 15.7. The number of thiocarbonyl (C=S) groups is 1. The summed E-state index contributed by atoms with van der Waals surface area (Å²) in [6.07, 6.45) is 9.46. The first-order chi connectivity index (χ1) is 15.0. The van der Waals surface area contributed by atoms with Gasteiger partial charge in [0.05, 0.1) is 6.54 Å². The average Bonchev–Trinajstić information content (AvgIpc) is 3.37. The molecule has 4 nitrogen and oxygen atoms in total. The van der Waals surface area contributed by atoms with Crippen LogP contribution in [0.25, 0.3) is 6.08 Å². The number of carbonyl (C=O) groups is 2. The van der Waals surface area contributed by atoms with Crippen molar-refractivity contribution in [3.05, 3.63) is 65.2 Å². The number of fused-ring (bicyclic) bond motifs is 3. The van der Waals surface area contributed by atoms with E-state index in [4.69, 9.17) is 12.2 Å². The summed E-state index contributed by atoms with van der Waals surface area (Å²) in [5, 5.41) is 0. The van der Waals surface area contributed by atoms with Crippen LogP contribution in [0.5, 0.6) is 0 Å². The zero-order valence-electron chi connectivity index (χ0n) is 17.8. The fourth-order valence-corrected chi connectivity index (χ4v) is 5.27. The standard InChI is InChI=1S/C25H26N2O2S2/c1-17-6-10-19(11-7-17)27-22-5-3-4-20(22)21-16-18(8-12-23(21)27)9-13-24(29)26(14-15-28)25(30)31-2/h6-13,15-16,20,22H,3-5,14H2,1-2H3/b13-9+. The third kappa shape index (κ3) is 4.32. The zero-order chi connectivity index (χ0) is 22.0. The maximum Gasteiger partial charge on any atom is 0.252 e. The fraction of sp³-hybridized carbons (Fsp3) is 0.320. The molecule has 6 heteroatoms. The molecule has 1 saturated carbocycles. The molecule has 1 aliphatic carbocycles. The molecule has 1 heterocycles. The molecular formula is C25H26N2O2S2. The molecule has 0 N–H and O–H groups in total. The molecule has 2 aromatic carbocycles. The largest absolute Gasteiger partial charge is 0.338 e. The Hall–Kier alpha value is -2.44. The summed E-state index contributed by atoms with van der Waals surface area (Å²) in [6.45, 7) is 2.09. The van der Waals surface area contributed by atoms with Crippen LogP contribution in [-0.4, -0.2) is 40.3 Å². The molecule has 0 bridgehead atoms. The third-order valence-corrected chi connectivity index (χ3v) is 7.46. The Morgan fingerprint density at radius 3 is 2.71 bits per heavy atom. The lowest BCUT2D eigenvalue weighted by molar-refractivity contribution is -0.124. The van der Waals surface area contributed by atoms with E-state index in [0.29, 0.717) is 22.6 Å². The van der Waals surface area contributed by atoms with Crippen molar-refractivity contribution in [2.75, 3.05) is 17.7 Å². The van der Waals surface area contributed by atoms with E-state index in [1.807, 2.05) is 6.08 Å². The van der Waals surface area contributed by atoms with Gasteiger partial charge in [-0.05, 0) is 67.5 Å². The van der Waals surface area contributed by atoms with Gasteiger partial charge in [0.25, 0.3) is 5.91 Å². The van der Waals surface area contributed by atoms with Crippen molar-refractivity contribution in [3.8, 4) is 0 Å². The Balaban J connectivity index is 1.61. The zero-order valence-corrected chi connectivity index (χ0v) is 19.4. The molecule has 2 aliphatic rings. The maximum atomic E-state index is 12.6. The molecule has 0 spiro atoms. The van der Waals surface area contributed by atoms with Crippen LogP contribution >= 0.6 is 24.0 Å². The minimum atomic E-state index is -0.271. The summed E-state index contributed by atoms with van der Waals surface area (Å²) in [5.74, 6) is 0.253. The van der Waals surface area contributed by atoms with Gasteiger partial charge in [0.15, 0.2) is 0 Å². The third-order valence-electron chi connectivity index (χ3n) is 6.17. The van der Waals surface area contributed by atoms with E-state index in [1.54, 1.807) is 6.26 Å². The Morgan fingerprint density at radius 1 is 1.23 bits per heavy atom. The summed E-state index contributed by atoms with van der Waals surface area (Å²) in [4.78, 5) is 27.3. The van der Waals surface area contributed by atoms with E-state index in [2.05, 4.69) is 54.3 Å². The minimum Gasteiger partial charge on any atom is -0.338 e. The second-order valence-corrected chi connectivity index (χ2v) is 9.49. The summed E-state index contributed by atoms with van der Waals surface area (Å²) in [5.41, 5.74) is 6.13. The van der Waals surface area contributed by atoms with Crippen molar-refractivity contribution in [1.82, 2.24) is 4.90 Å². The van der Waals surface area contributed by atoms with Crippen LogP contribution in [0.3, 0.4) is 0 Å². The van der Waals surface area contributed by atoms with E-state index < -0.39 is 0 Å². The molecular weight excluding hydrogens is 424 g/mol. The number of thioether (sulfide) groups is 1. The SMILES string of the molecule is CSC(=S)N(CC=O)C(=O)/C=C/c1ccc2c(c1)C1CCCC1N2c1ccc(C)cc1. The lowest BCUT2D eigenvalue weighted by atomic mass is 9.96. The van der Waals surface area contributed by atoms with Crippen molar-refractivity contribution in [2.45, 2.75) is 38.1 Å². The second-order valence-electron chi connectivity index (χ2n) is 8.05. The first kappa shape index (κ1) is 21.8. The topological polar surface area (TPSA) is 40.6 Å². The van der Waals surface area contributed by atoms with E-state index in [-0.39, 0.29) is 12.5 Å². The highest BCUT2D eigenvalue weighted by Crippen LogP contribution is 2.52. The van der Waals surface area contributed by atoms with E-state index >= 15 is 0 Å². The van der Waals surface area contributed by atoms with Gasteiger partial charge in [-0.2, -0.15) is 0 Å². The highest BCUT2D eigenvalue weighted by Gasteiger charge is 2.41. The average molecular weight is 451 g/mol. The molecule has 2 aromatic rings. The predicted octanol–water partition coefficient (Wildman–Crippen LogP) is 5.47. The van der Waals surface area contributed by atoms with Gasteiger partial charge in [0.1, 0.15) is 10.6 Å². The van der Waals surface area contributed by atoms with Crippen molar-refractivity contribution >= 4 is 57.9 Å². The number of hydrogen-bond acceptors (Lipinski definition) is 5. The molecule has 0 aromatic heterocycles. The van der Waals surface area contributed by atoms with Gasteiger partial charge >= 0.3 is 0 Å². The predicted molar refractivity (Wildman–Crippen MR) is 133 cm³/mol. The summed E-state index contributed by atoms with van der Waals surface area (Å²) in [7, 11) is 0. The minimum absolute atomic E-state index is 0.0255. The molecule has 2 unspecified atom stereocenters. The summed E-state index contributed by atoms with van der Waals surface area (Å²) >= 11 is 6.49. The van der Waals surface area contributed by atoms with Crippen LogP contribution in [-0.2, 0) is 9.59 Å². The van der Waals surface area contributed by atoms with E-state index in [9.17, 15) is 9.59 Å². The van der Waals surface area contributed by atoms with E-state index in [1.165, 1.54) is 64.5 Å². The Bertz CT molecular complexity index is 1030. The van der Waals surface area contributed by atoms with Gasteiger partial charge in [-0.1, -0.05) is 54.2 Å². The fourth-order valence-electron chi connectivity index (χ4n) is 4.72. The molecule has 0 saturated heterocycles. The van der Waals surface area contributed by atoms with Crippen molar-refractivity contribution < 1.29 is 9.59 Å². The lowest BCUT2D eigenvalue weighted by Gasteiger charge is -2.27. The highest BCUT2D eigenvalue weighted by atomic mass is 32.2. The number of aryl methyl sites for hydroxylation is 1. The number of benzene rings is 2. The molecule has 31 heavy (non-hydrogen) atoms. The molecule has 4 rings (SSSR count). The van der Waals surface area contributed by atoms with Crippen LogP contribution in [0.15, 0.2) is 48.5 Å². The van der Waals surface area contributed by atoms with Gasteiger partial charge < -0.3 is 9.69 Å². The van der Waals surface area contributed by atoms with Crippen LogP contribution < -0.4 is 4.90 Å². The number of nitrogens with zero attached hydrogens (tertiary/aromatic N) is 2. The molecule has 1 aliphatic heterocycles. The van der Waals surface area contributed by atoms with Gasteiger partial charge in [-0.3, -0.25) is 9.69 Å². The molecule has 160 valence electrons. The normalized spacial score (nSPS) is 19.4. The number of rotatable bonds is 5. The second kappa shape index (κ2) is 9.37. The van der Waals surface area contributed by atoms with Crippen molar-refractivity contribution in [1.29, 1.82) is 0 Å². The van der Waals surface area contributed by atoms with Gasteiger partial charge in [0.2, 0.25) is 0 Å². The lowest BCUT2D eigenvalue weighted by Crippen LogP contribution is -2.34. The number of carbonyl (C=O) groups excluding carboxylic acids is 2.